The highest BCUT2D eigenvalue weighted by Crippen LogP contribution is 2.28. The van der Waals surface area contributed by atoms with E-state index in [1.807, 2.05) is 4.90 Å². The predicted octanol–water partition coefficient (Wildman–Crippen LogP) is 0.500. The minimum Gasteiger partial charge on any atom is -0.481 e. The van der Waals surface area contributed by atoms with Gasteiger partial charge in [-0.25, -0.2) is 0 Å². The normalized spacial score (nSPS) is 21.0. The van der Waals surface area contributed by atoms with E-state index < -0.39 is 17.3 Å². The Kier molecular flexibility index (Phi) is 5.85. The van der Waals surface area contributed by atoms with Gasteiger partial charge in [0.15, 0.2) is 0 Å². The molecule has 2 fully saturated rings. The van der Waals surface area contributed by atoms with Crippen LogP contribution in [0.2, 0.25) is 0 Å². The predicted molar refractivity (Wildman–Crippen MR) is 89.4 cm³/mol. The maximum atomic E-state index is 12.6. The molecule has 0 aromatic carbocycles. The van der Waals surface area contributed by atoms with Crippen LogP contribution < -0.4 is 0 Å². The number of rotatable bonds is 4. The van der Waals surface area contributed by atoms with E-state index in [9.17, 15) is 19.5 Å². The maximum Gasteiger partial charge on any atom is 0.316 e. The summed E-state index contributed by atoms with van der Waals surface area (Å²) >= 11 is 0. The first kappa shape index (κ1) is 18.7. The number of piperazine rings is 1. The van der Waals surface area contributed by atoms with Crippen molar-refractivity contribution in [3.63, 3.8) is 0 Å². The SMILES string of the molecule is CC(C)(C)C(C(=O)O)C(=O)N1CCN(CC(=O)N2CCCC2)CC1. The maximum absolute atomic E-state index is 12.6. The fourth-order valence-corrected chi connectivity index (χ4v) is 3.41. The van der Waals surface area contributed by atoms with Crippen LogP contribution in [0, 0.1) is 11.3 Å². The third kappa shape index (κ3) is 4.47. The van der Waals surface area contributed by atoms with Gasteiger partial charge in [-0.15, -0.1) is 0 Å². The molecule has 0 aliphatic carbocycles. The van der Waals surface area contributed by atoms with Crippen molar-refractivity contribution in [1.82, 2.24) is 14.7 Å². The summed E-state index contributed by atoms with van der Waals surface area (Å²) in [4.78, 5) is 41.8. The number of carboxylic acids is 1. The zero-order chi connectivity index (χ0) is 17.9. The summed E-state index contributed by atoms with van der Waals surface area (Å²) in [7, 11) is 0. The van der Waals surface area contributed by atoms with E-state index in [1.54, 1.807) is 25.7 Å². The smallest absolute Gasteiger partial charge is 0.316 e. The first-order valence-electron chi connectivity index (χ1n) is 8.72. The monoisotopic (exact) mass is 339 g/mol. The molecule has 24 heavy (non-hydrogen) atoms. The molecule has 0 aromatic rings. The van der Waals surface area contributed by atoms with E-state index in [-0.39, 0.29) is 11.8 Å². The average molecular weight is 339 g/mol. The summed E-state index contributed by atoms with van der Waals surface area (Å²) in [5, 5.41) is 9.39. The van der Waals surface area contributed by atoms with Gasteiger partial charge >= 0.3 is 5.97 Å². The molecule has 136 valence electrons. The Morgan fingerprint density at radius 2 is 1.46 bits per heavy atom. The first-order chi connectivity index (χ1) is 11.2. The lowest BCUT2D eigenvalue weighted by atomic mass is 9.79. The second kappa shape index (κ2) is 7.51. The van der Waals surface area contributed by atoms with Crippen LogP contribution in [0.5, 0.6) is 0 Å². The third-order valence-corrected chi connectivity index (χ3v) is 4.86. The molecule has 2 saturated heterocycles. The van der Waals surface area contributed by atoms with Crippen LogP contribution in [0.4, 0.5) is 0 Å². The molecule has 2 rings (SSSR count). The van der Waals surface area contributed by atoms with Crippen molar-refractivity contribution < 1.29 is 19.5 Å². The number of hydrogen-bond donors (Lipinski definition) is 1. The van der Waals surface area contributed by atoms with Gasteiger partial charge in [-0.1, -0.05) is 20.8 Å². The number of nitrogens with zero attached hydrogens (tertiary/aromatic N) is 3. The van der Waals surface area contributed by atoms with Crippen molar-refractivity contribution in [1.29, 1.82) is 0 Å². The summed E-state index contributed by atoms with van der Waals surface area (Å²) in [6.07, 6.45) is 2.16. The highest BCUT2D eigenvalue weighted by Gasteiger charge is 2.40. The molecule has 2 aliphatic rings. The fourth-order valence-electron chi connectivity index (χ4n) is 3.41. The summed E-state index contributed by atoms with van der Waals surface area (Å²) in [5.74, 6) is -2.26. The molecule has 1 atom stereocenters. The zero-order valence-electron chi connectivity index (χ0n) is 15.0. The largest absolute Gasteiger partial charge is 0.481 e. The van der Waals surface area contributed by atoms with Crippen LogP contribution in [0.25, 0.3) is 0 Å². The molecule has 0 saturated carbocycles. The third-order valence-electron chi connectivity index (χ3n) is 4.86. The highest BCUT2D eigenvalue weighted by molar-refractivity contribution is 5.97. The van der Waals surface area contributed by atoms with Crippen LogP contribution in [0.1, 0.15) is 33.6 Å². The lowest BCUT2D eigenvalue weighted by Crippen LogP contribution is -2.54. The second-order valence-corrected chi connectivity index (χ2v) is 7.83. The summed E-state index contributed by atoms with van der Waals surface area (Å²) in [6, 6.07) is 0. The molecule has 7 heteroatoms. The number of aliphatic carboxylic acids is 1. The molecule has 7 nitrogen and oxygen atoms in total. The van der Waals surface area contributed by atoms with Crippen molar-refractivity contribution in [3.8, 4) is 0 Å². The van der Waals surface area contributed by atoms with E-state index in [0.717, 1.165) is 25.9 Å². The Hall–Kier alpha value is -1.63. The van der Waals surface area contributed by atoms with E-state index in [2.05, 4.69) is 4.90 Å². The van der Waals surface area contributed by atoms with Crippen LogP contribution in [0.15, 0.2) is 0 Å². The molecule has 0 aromatic heterocycles. The van der Waals surface area contributed by atoms with Crippen LogP contribution in [-0.2, 0) is 14.4 Å². The minimum atomic E-state index is -1.07. The Morgan fingerprint density at radius 3 is 1.92 bits per heavy atom. The molecule has 0 spiro atoms. The van der Waals surface area contributed by atoms with Gasteiger partial charge in [0.2, 0.25) is 11.8 Å². The Bertz CT molecular complexity index is 487. The highest BCUT2D eigenvalue weighted by atomic mass is 16.4. The van der Waals surface area contributed by atoms with Crippen molar-refractivity contribution in [2.45, 2.75) is 33.6 Å². The lowest BCUT2D eigenvalue weighted by Gasteiger charge is -2.38. The molecule has 2 amide bonds. The minimum absolute atomic E-state index is 0.158. The van der Waals surface area contributed by atoms with E-state index in [4.69, 9.17) is 0 Å². The average Bonchev–Trinajstić information content (AvgIpc) is 3.00. The zero-order valence-corrected chi connectivity index (χ0v) is 15.0. The van der Waals surface area contributed by atoms with Crippen LogP contribution in [0.3, 0.4) is 0 Å². The van der Waals surface area contributed by atoms with Crippen molar-refractivity contribution in [3.05, 3.63) is 0 Å². The number of carboxylic acid groups (broad SMARTS) is 1. The van der Waals surface area contributed by atoms with E-state index in [1.165, 1.54) is 0 Å². The number of carbonyl (C=O) groups is 3. The van der Waals surface area contributed by atoms with Gasteiger partial charge in [0.1, 0.15) is 5.92 Å². The van der Waals surface area contributed by atoms with Crippen molar-refractivity contribution in [2.24, 2.45) is 11.3 Å². The molecule has 1 N–H and O–H groups in total. The molecular weight excluding hydrogens is 310 g/mol. The number of carbonyl (C=O) groups excluding carboxylic acids is 2. The second-order valence-electron chi connectivity index (χ2n) is 7.83. The topological polar surface area (TPSA) is 81.2 Å². The van der Waals surface area contributed by atoms with Crippen LogP contribution >= 0.6 is 0 Å². The summed E-state index contributed by atoms with van der Waals surface area (Å²) in [5.41, 5.74) is -0.619. The fraction of sp³-hybridized carbons (Fsp3) is 0.824. The molecule has 2 heterocycles. The van der Waals surface area contributed by atoms with Gasteiger partial charge in [0.25, 0.3) is 0 Å². The van der Waals surface area contributed by atoms with Crippen molar-refractivity contribution >= 4 is 17.8 Å². The van der Waals surface area contributed by atoms with Gasteiger partial charge in [-0.05, 0) is 18.3 Å². The van der Waals surface area contributed by atoms with Gasteiger partial charge in [0, 0.05) is 39.3 Å². The van der Waals surface area contributed by atoms with Gasteiger partial charge in [0.05, 0.1) is 6.54 Å². The Morgan fingerprint density at radius 1 is 0.917 bits per heavy atom. The van der Waals surface area contributed by atoms with Crippen LogP contribution in [-0.4, -0.2) is 83.4 Å². The number of hydrogen-bond acceptors (Lipinski definition) is 4. The Balaban J connectivity index is 1.86. The standard InChI is InChI=1S/C17H29N3O4/c1-17(2,3)14(16(23)24)15(22)20-10-8-18(9-11-20)12-13(21)19-6-4-5-7-19/h14H,4-12H2,1-3H3,(H,23,24). The molecule has 1 unspecified atom stereocenters. The molecule has 0 bridgehead atoms. The molecule has 2 aliphatic heterocycles. The van der Waals surface area contributed by atoms with Crippen molar-refractivity contribution in [2.75, 3.05) is 45.8 Å². The molecular formula is C17H29N3O4. The molecule has 0 radical (unpaired) electrons. The lowest BCUT2D eigenvalue weighted by molar-refractivity contribution is -0.157. The quantitative estimate of drug-likeness (QED) is 0.755. The summed E-state index contributed by atoms with van der Waals surface area (Å²) < 4.78 is 0. The van der Waals surface area contributed by atoms with Gasteiger partial charge in [-0.3, -0.25) is 19.3 Å². The van der Waals surface area contributed by atoms with Gasteiger partial charge < -0.3 is 14.9 Å². The number of likely N-dealkylation sites (tertiary alicyclic amines) is 1. The first-order valence-corrected chi connectivity index (χ1v) is 8.72. The van der Waals surface area contributed by atoms with E-state index in [0.29, 0.717) is 32.7 Å². The van der Waals surface area contributed by atoms with Gasteiger partial charge in [-0.2, -0.15) is 0 Å². The summed E-state index contributed by atoms with van der Waals surface area (Å²) in [6.45, 7) is 9.59. The van der Waals surface area contributed by atoms with E-state index >= 15 is 0 Å². The number of amides is 2. The Labute approximate surface area is 143 Å².